The molecule has 1 aliphatic carbocycles. The molecule has 0 aromatic heterocycles. The van der Waals surface area contributed by atoms with E-state index < -0.39 is 5.97 Å². The van der Waals surface area contributed by atoms with Crippen molar-refractivity contribution in [3.8, 4) is 0 Å². The SMILES string of the molecule is CC(C)N(C(=O)CN1CCCC(N(C)CC(=O)O)CC1)C1CCCC1. The summed E-state index contributed by atoms with van der Waals surface area (Å²) >= 11 is 0. The van der Waals surface area contributed by atoms with Crippen LogP contribution in [-0.4, -0.2) is 83.0 Å². The van der Waals surface area contributed by atoms with Gasteiger partial charge in [-0.1, -0.05) is 12.8 Å². The van der Waals surface area contributed by atoms with Crippen LogP contribution in [0, 0.1) is 0 Å². The molecular formula is C19H35N3O3. The smallest absolute Gasteiger partial charge is 0.317 e. The molecule has 2 fully saturated rings. The van der Waals surface area contributed by atoms with Gasteiger partial charge in [-0.05, 0) is 59.5 Å². The van der Waals surface area contributed by atoms with Crippen molar-refractivity contribution in [3.05, 3.63) is 0 Å². The van der Waals surface area contributed by atoms with Crippen LogP contribution in [0.3, 0.4) is 0 Å². The van der Waals surface area contributed by atoms with Gasteiger partial charge in [-0.2, -0.15) is 0 Å². The van der Waals surface area contributed by atoms with Crippen LogP contribution in [-0.2, 0) is 9.59 Å². The van der Waals surface area contributed by atoms with Crippen LogP contribution in [0.1, 0.15) is 58.8 Å². The molecule has 2 aliphatic rings. The van der Waals surface area contributed by atoms with Gasteiger partial charge in [0.15, 0.2) is 0 Å². The zero-order chi connectivity index (χ0) is 18.4. The minimum Gasteiger partial charge on any atom is -0.480 e. The molecule has 2 rings (SSSR count). The van der Waals surface area contributed by atoms with E-state index in [0.717, 1.165) is 45.2 Å². The van der Waals surface area contributed by atoms with E-state index in [-0.39, 0.29) is 18.5 Å². The number of carbonyl (C=O) groups excluding carboxylic acids is 1. The normalized spacial score (nSPS) is 23.2. The first-order chi connectivity index (χ1) is 11.9. The topological polar surface area (TPSA) is 64.1 Å². The summed E-state index contributed by atoms with van der Waals surface area (Å²) in [6.07, 6.45) is 7.73. The van der Waals surface area contributed by atoms with Gasteiger partial charge >= 0.3 is 5.97 Å². The molecule has 1 heterocycles. The van der Waals surface area contributed by atoms with Crippen LogP contribution >= 0.6 is 0 Å². The van der Waals surface area contributed by atoms with E-state index in [9.17, 15) is 9.59 Å². The van der Waals surface area contributed by atoms with Crippen molar-refractivity contribution in [3.63, 3.8) is 0 Å². The number of amides is 1. The lowest BCUT2D eigenvalue weighted by Gasteiger charge is -2.34. The Morgan fingerprint density at radius 2 is 1.68 bits per heavy atom. The maximum absolute atomic E-state index is 12.9. The minimum absolute atomic E-state index is 0.0897. The molecule has 1 aliphatic heterocycles. The van der Waals surface area contributed by atoms with Crippen molar-refractivity contribution in [1.29, 1.82) is 0 Å². The summed E-state index contributed by atoms with van der Waals surface area (Å²) < 4.78 is 0. The van der Waals surface area contributed by atoms with E-state index in [2.05, 4.69) is 23.6 Å². The van der Waals surface area contributed by atoms with Gasteiger partial charge in [0.05, 0.1) is 13.1 Å². The van der Waals surface area contributed by atoms with Gasteiger partial charge in [-0.3, -0.25) is 19.4 Å². The molecule has 1 N–H and O–H groups in total. The predicted molar refractivity (Wildman–Crippen MR) is 98.6 cm³/mol. The average Bonchev–Trinajstić information content (AvgIpc) is 2.92. The van der Waals surface area contributed by atoms with Crippen molar-refractivity contribution in [2.45, 2.75) is 76.9 Å². The molecule has 1 saturated carbocycles. The highest BCUT2D eigenvalue weighted by atomic mass is 16.4. The van der Waals surface area contributed by atoms with E-state index in [1.54, 1.807) is 0 Å². The van der Waals surface area contributed by atoms with E-state index in [1.165, 1.54) is 12.8 Å². The summed E-state index contributed by atoms with van der Waals surface area (Å²) in [4.78, 5) is 30.1. The summed E-state index contributed by atoms with van der Waals surface area (Å²) in [7, 11) is 1.89. The van der Waals surface area contributed by atoms with Crippen molar-refractivity contribution < 1.29 is 14.7 Å². The van der Waals surface area contributed by atoms with Crippen LogP contribution in [0.25, 0.3) is 0 Å². The van der Waals surface area contributed by atoms with E-state index >= 15 is 0 Å². The molecule has 1 saturated heterocycles. The fraction of sp³-hybridized carbons (Fsp3) is 0.895. The van der Waals surface area contributed by atoms with E-state index in [4.69, 9.17) is 5.11 Å². The number of nitrogens with zero attached hydrogens (tertiary/aromatic N) is 3. The standard InChI is InChI=1S/C19H35N3O3/c1-15(2)22(17-7-4-5-8-17)18(23)13-21-11-6-9-16(10-12-21)20(3)14-19(24)25/h15-17H,4-14H2,1-3H3,(H,24,25). The third kappa shape index (κ3) is 5.96. The molecule has 6 nitrogen and oxygen atoms in total. The second kappa shape index (κ2) is 9.53. The second-order valence-corrected chi connectivity index (χ2v) is 8.00. The molecule has 6 heteroatoms. The van der Waals surface area contributed by atoms with Gasteiger partial charge < -0.3 is 10.0 Å². The number of aliphatic carboxylic acids is 1. The zero-order valence-corrected chi connectivity index (χ0v) is 16.1. The number of carboxylic acids is 1. The van der Waals surface area contributed by atoms with Gasteiger partial charge in [0.2, 0.25) is 5.91 Å². The van der Waals surface area contributed by atoms with Crippen molar-refractivity contribution in [1.82, 2.24) is 14.7 Å². The Hall–Kier alpha value is -1.14. The summed E-state index contributed by atoms with van der Waals surface area (Å²) in [6, 6.07) is 0.984. The summed E-state index contributed by atoms with van der Waals surface area (Å²) in [5.74, 6) is -0.512. The first-order valence-corrected chi connectivity index (χ1v) is 9.84. The van der Waals surface area contributed by atoms with Gasteiger partial charge in [-0.25, -0.2) is 0 Å². The average molecular weight is 354 g/mol. The number of carbonyl (C=O) groups is 2. The Kier molecular flexibility index (Phi) is 7.69. The van der Waals surface area contributed by atoms with Gasteiger partial charge in [0.25, 0.3) is 0 Å². The molecule has 0 aromatic carbocycles. The third-order valence-electron chi connectivity index (χ3n) is 5.72. The van der Waals surface area contributed by atoms with Crippen LogP contribution in [0.2, 0.25) is 0 Å². The lowest BCUT2D eigenvalue weighted by atomic mass is 10.1. The van der Waals surface area contributed by atoms with Gasteiger partial charge in [-0.15, -0.1) is 0 Å². The highest BCUT2D eigenvalue weighted by molar-refractivity contribution is 5.79. The Balaban J connectivity index is 1.87. The lowest BCUT2D eigenvalue weighted by Crippen LogP contribution is -2.48. The Morgan fingerprint density at radius 1 is 1.04 bits per heavy atom. The fourth-order valence-corrected chi connectivity index (χ4v) is 4.45. The van der Waals surface area contributed by atoms with Crippen molar-refractivity contribution in [2.24, 2.45) is 0 Å². The number of hydrogen-bond donors (Lipinski definition) is 1. The molecule has 0 radical (unpaired) electrons. The number of likely N-dealkylation sites (N-methyl/N-ethyl adjacent to an activating group) is 1. The van der Waals surface area contributed by atoms with Crippen LogP contribution < -0.4 is 0 Å². The molecule has 25 heavy (non-hydrogen) atoms. The number of likely N-dealkylation sites (tertiary alicyclic amines) is 1. The minimum atomic E-state index is -0.775. The molecule has 1 unspecified atom stereocenters. The Morgan fingerprint density at radius 3 is 2.28 bits per heavy atom. The van der Waals surface area contributed by atoms with Crippen LogP contribution in [0.15, 0.2) is 0 Å². The first-order valence-electron chi connectivity index (χ1n) is 9.84. The fourth-order valence-electron chi connectivity index (χ4n) is 4.45. The molecule has 0 bridgehead atoms. The molecule has 1 amide bonds. The quantitative estimate of drug-likeness (QED) is 0.759. The largest absolute Gasteiger partial charge is 0.480 e. The summed E-state index contributed by atoms with van der Waals surface area (Å²) in [5.41, 5.74) is 0. The van der Waals surface area contributed by atoms with Crippen LogP contribution in [0.4, 0.5) is 0 Å². The molecule has 0 spiro atoms. The van der Waals surface area contributed by atoms with Crippen molar-refractivity contribution in [2.75, 3.05) is 33.2 Å². The molecular weight excluding hydrogens is 318 g/mol. The Bertz CT molecular complexity index is 449. The number of hydrogen-bond acceptors (Lipinski definition) is 4. The Labute approximate surface area is 152 Å². The highest BCUT2D eigenvalue weighted by Crippen LogP contribution is 2.25. The third-order valence-corrected chi connectivity index (χ3v) is 5.72. The van der Waals surface area contributed by atoms with Crippen LogP contribution in [0.5, 0.6) is 0 Å². The zero-order valence-electron chi connectivity index (χ0n) is 16.1. The molecule has 0 aromatic rings. The maximum atomic E-state index is 12.9. The predicted octanol–water partition coefficient (Wildman–Crippen LogP) is 2.04. The van der Waals surface area contributed by atoms with Gasteiger partial charge in [0.1, 0.15) is 0 Å². The van der Waals surface area contributed by atoms with Crippen molar-refractivity contribution >= 4 is 11.9 Å². The second-order valence-electron chi connectivity index (χ2n) is 8.00. The summed E-state index contributed by atoms with van der Waals surface area (Å²) in [5, 5.41) is 8.97. The number of rotatable bonds is 7. The first kappa shape index (κ1) is 20.2. The molecule has 144 valence electrons. The maximum Gasteiger partial charge on any atom is 0.317 e. The summed E-state index contributed by atoms with van der Waals surface area (Å²) in [6.45, 7) is 6.64. The number of carboxylic acid groups (broad SMARTS) is 1. The molecule has 1 atom stereocenters. The highest BCUT2D eigenvalue weighted by Gasteiger charge is 2.30. The van der Waals surface area contributed by atoms with Gasteiger partial charge in [0, 0.05) is 24.7 Å². The van der Waals surface area contributed by atoms with E-state index in [0.29, 0.717) is 18.6 Å². The lowest BCUT2D eigenvalue weighted by molar-refractivity contribution is -0.138. The monoisotopic (exact) mass is 353 g/mol. The van der Waals surface area contributed by atoms with E-state index in [1.807, 2.05) is 11.9 Å².